The van der Waals surface area contributed by atoms with Crippen molar-refractivity contribution in [3.05, 3.63) is 58.9 Å². The van der Waals surface area contributed by atoms with E-state index >= 15 is 0 Å². The lowest BCUT2D eigenvalue weighted by molar-refractivity contribution is -0.166. The van der Waals surface area contributed by atoms with E-state index in [1.807, 2.05) is 17.9 Å². The highest BCUT2D eigenvalue weighted by Gasteiger charge is 2.42. The van der Waals surface area contributed by atoms with Gasteiger partial charge in [-0.05, 0) is 74.2 Å². The van der Waals surface area contributed by atoms with Gasteiger partial charge >= 0.3 is 0 Å². The molecular weight excluding hydrogens is 499 g/mol. The maximum atomic E-state index is 13.2. The van der Waals surface area contributed by atoms with Gasteiger partial charge in [-0.3, -0.25) is 9.59 Å². The highest BCUT2D eigenvalue weighted by atomic mass is 35.5. The van der Waals surface area contributed by atoms with E-state index in [0.29, 0.717) is 29.7 Å². The van der Waals surface area contributed by atoms with Gasteiger partial charge < -0.3 is 24.0 Å². The number of hydrogen-bond acceptors (Lipinski definition) is 5. The summed E-state index contributed by atoms with van der Waals surface area (Å²) < 4.78 is 31.0. The van der Waals surface area contributed by atoms with Gasteiger partial charge in [-0.25, -0.2) is 4.39 Å². The van der Waals surface area contributed by atoms with Gasteiger partial charge in [0, 0.05) is 24.7 Å². The minimum Gasteiger partial charge on any atom is -0.493 e. The Bertz CT molecular complexity index is 1080. The first-order valence-electron chi connectivity index (χ1n) is 12.8. The van der Waals surface area contributed by atoms with E-state index in [4.69, 9.17) is 25.8 Å². The summed E-state index contributed by atoms with van der Waals surface area (Å²) in [6.45, 7) is 4.66. The quantitative estimate of drug-likeness (QED) is 0.471. The number of rotatable bonds is 9. The molecule has 0 spiro atoms. The third-order valence-electron chi connectivity index (χ3n) is 6.81. The zero-order chi connectivity index (χ0) is 26.3. The molecule has 2 heterocycles. The monoisotopic (exact) mass is 532 g/mol. The molecule has 200 valence electrons. The number of carbonyl (C=O) groups is 2. The minimum absolute atomic E-state index is 0.0181. The molecule has 0 radical (unpaired) electrons. The number of piperidine rings is 1. The van der Waals surface area contributed by atoms with Crippen molar-refractivity contribution in [3.63, 3.8) is 0 Å². The van der Waals surface area contributed by atoms with Crippen molar-refractivity contribution in [1.29, 1.82) is 0 Å². The fourth-order valence-corrected chi connectivity index (χ4v) is 4.82. The molecule has 0 unspecified atom stereocenters. The topological polar surface area (TPSA) is 68.3 Å². The lowest BCUT2D eigenvalue weighted by Crippen LogP contribution is -2.58. The van der Waals surface area contributed by atoms with Crippen molar-refractivity contribution in [2.75, 3.05) is 46.0 Å². The smallest absolute Gasteiger partial charge is 0.226 e. The van der Waals surface area contributed by atoms with Crippen LogP contribution in [0, 0.1) is 12.7 Å². The largest absolute Gasteiger partial charge is 0.493 e. The van der Waals surface area contributed by atoms with Crippen molar-refractivity contribution in [3.8, 4) is 11.5 Å². The van der Waals surface area contributed by atoms with Gasteiger partial charge in [-0.1, -0.05) is 11.6 Å². The summed E-state index contributed by atoms with van der Waals surface area (Å²) in [7, 11) is 0. The van der Waals surface area contributed by atoms with Crippen LogP contribution < -0.4 is 9.47 Å². The standard InChI is InChI=1S/C28H34ClFN2O5/c1-21-17-24(9-10-25(21)29)36-20-28(18-27(34)31-12-3-2-4-13-31)19-32(14-16-37-28)26(33)11-15-35-23-7-5-22(30)6-8-23/h5-10,17H,2-4,11-16,18-20H2,1H3/t28-/m1/s1. The van der Waals surface area contributed by atoms with Gasteiger partial charge in [-0.15, -0.1) is 0 Å². The predicted molar refractivity (Wildman–Crippen MR) is 139 cm³/mol. The highest BCUT2D eigenvalue weighted by molar-refractivity contribution is 6.31. The van der Waals surface area contributed by atoms with Crippen LogP contribution in [0.5, 0.6) is 11.5 Å². The zero-order valence-electron chi connectivity index (χ0n) is 21.2. The number of carbonyl (C=O) groups excluding carboxylic acids is 2. The summed E-state index contributed by atoms with van der Waals surface area (Å²) in [6.07, 6.45) is 3.42. The van der Waals surface area contributed by atoms with Crippen LogP contribution in [-0.2, 0) is 14.3 Å². The molecule has 7 nitrogen and oxygen atoms in total. The Morgan fingerprint density at radius 3 is 2.43 bits per heavy atom. The molecule has 2 aliphatic rings. The third kappa shape index (κ3) is 7.58. The first kappa shape index (κ1) is 27.2. The average molecular weight is 533 g/mol. The number of amides is 2. The van der Waals surface area contributed by atoms with Crippen molar-refractivity contribution in [2.24, 2.45) is 0 Å². The molecule has 4 rings (SSSR count). The lowest BCUT2D eigenvalue weighted by atomic mass is 9.96. The summed E-state index contributed by atoms with van der Waals surface area (Å²) >= 11 is 6.15. The Morgan fingerprint density at radius 1 is 0.973 bits per heavy atom. The van der Waals surface area contributed by atoms with Crippen LogP contribution >= 0.6 is 11.6 Å². The fraction of sp³-hybridized carbons (Fsp3) is 0.500. The fourth-order valence-electron chi connectivity index (χ4n) is 4.70. The maximum absolute atomic E-state index is 13.2. The molecule has 2 amide bonds. The second kappa shape index (κ2) is 12.6. The van der Waals surface area contributed by atoms with E-state index in [2.05, 4.69) is 0 Å². The van der Waals surface area contributed by atoms with Crippen molar-refractivity contribution >= 4 is 23.4 Å². The predicted octanol–water partition coefficient (Wildman–Crippen LogP) is 4.64. The molecule has 2 aromatic rings. The summed E-state index contributed by atoms with van der Waals surface area (Å²) in [5.74, 6) is 0.714. The van der Waals surface area contributed by atoms with Crippen LogP contribution in [-0.4, -0.2) is 73.2 Å². The van der Waals surface area contributed by atoms with Crippen molar-refractivity contribution in [1.82, 2.24) is 9.80 Å². The molecule has 0 saturated carbocycles. The number of aryl methyl sites for hydroxylation is 1. The average Bonchev–Trinajstić information content (AvgIpc) is 2.91. The van der Waals surface area contributed by atoms with Crippen molar-refractivity contribution in [2.45, 2.75) is 44.6 Å². The normalized spacial score (nSPS) is 20.0. The number of halogens is 2. The number of likely N-dealkylation sites (tertiary alicyclic amines) is 1. The van der Waals surface area contributed by atoms with Crippen LogP contribution in [0.25, 0.3) is 0 Å². The number of ether oxygens (including phenoxy) is 3. The van der Waals surface area contributed by atoms with E-state index in [0.717, 1.165) is 37.9 Å². The van der Waals surface area contributed by atoms with Gasteiger partial charge in [0.1, 0.15) is 29.5 Å². The highest BCUT2D eigenvalue weighted by Crippen LogP contribution is 2.28. The molecule has 0 N–H and O–H groups in total. The Kier molecular flexibility index (Phi) is 9.27. The molecule has 0 aromatic heterocycles. The molecule has 1 atom stereocenters. The number of hydrogen-bond donors (Lipinski definition) is 0. The molecule has 2 aromatic carbocycles. The summed E-state index contributed by atoms with van der Waals surface area (Å²) in [5, 5.41) is 0.649. The SMILES string of the molecule is Cc1cc(OC[C@@]2(CC(=O)N3CCCCC3)CN(C(=O)CCOc3ccc(F)cc3)CCO2)ccc1Cl. The molecule has 2 saturated heterocycles. The van der Waals surface area contributed by atoms with E-state index in [1.54, 1.807) is 17.0 Å². The Morgan fingerprint density at radius 2 is 1.70 bits per heavy atom. The summed E-state index contributed by atoms with van der Waals surface area (Å²) in [5.41, 5.74) is -0.0755. The molecule has 2 fully saturated rings. The van der Waals surface area contributed by atoms with Crippen LogP contribution in [0.3, 0.4) is 0 Å². The molecule has 37 heavy (non-hydrogen) atoms. The second-order valence-corrected chi connectivity index (χ2v) is 10.1. The van der Waals surface area contributed by atoms with Crippen molar-refractivity contribution < 1.29 is 28.2 Å². The van der Waals surface area contributed by atoms with Gasteiger partial charge in [0.05, 0.1) is 32.6 Å². The molecular formula is C28H34ClFN2O5. The van der Waals surface area contributed by atoms with Gasteiger partial charge in [0.15, 0.2) is 0 Å². The molecule has 9 heteroatoms. The summed E-state index contributed by atoms with van der Waals surface area (Å²) in [4.78, 5) is 29.9. The first-order chi connectivity index (χ1) is 17.8. The number of benzene rings is 2. The Labute approximate surface area is 222 Å². The van der Waals surface area contributed by atoms with Crippen LogP contribution in [0.2, 0.25) is 5.02 Å². The molecule has 0 bridgehead atoms. The first-order valence-corrected chi connectivity index (χ1v) is 13.2. The van der Waals surface area contributed by atoms with E-state index in [1.165, 1.54) is 24.3 Å². The van der Waals surface area contributed by atoms with E-state index in [9.17, 15) is 14.0 Å². The maximum Gasteiger partial charge on any atom is 0.226 e. The number of morpholine rings is 1. The van der Waals surface area contributed by atoms with Crippen LogP contribution in [0.4, 0.5) is 4.39 Å². The van der Waals surface area contributed by atoms with Crippen LogP contribution in [0.15, 0.2) is 42.5 Å². The minimum atomic E-state index is -0.964. The van der Waals surface area contributed by atoms with Gasteiger partial charge in [0.2, 0.25) is 11.8 Å². The number of nitrogens with zero attached hydrogens (tertiary/aromatic N) is 2. The second-order valence-electron chi connectivity index (χ2n) is 9.72. The van der Waals surface area contributed by atoms with Gasteiger partial charge in [0.25, 0.3) is 0 Å². The van der Waals surface area contributed by atoms with Crippen LogP contribution in [0.1, 0.15) is 37.7 Å². The summed E-state index contributed by atoms with van der Waals surface area (Å²) in [6, 6.07) is 11.1. The zero-order valence-corrected chi connectivity index (χ0v) is 22.0. The Balaban J connectivity index is 1.41. The lowest BCUT2D eigenvalue weighted by Gasteiger charge is -2.43. The van der Waals surface area contributed by atoms with Gasteiger partial charge in [-0.2, -0.15) is 0 Å². The third-order valence-corrected chi connectivity index (χ3v) is 7.24. The molecule has 0 aliphatic carbocycles. The van der Waals surface area contributed by atoms with E-state index in [-0.39, 0.29) is 50.2 Å². The Hall–Kier alpha value is -2.84. The van der Waals surface area contributed by atoms with E-state index < -0.39 is 5.60 Å². The molecule has 2 aliphatic heterocycles.